The number of unbranched alkanes of at least 4 members (excludes halogenated alkanes) is 2. The minimum atomic E-state index is -0.246. The van der Waals surface area contributed by atoms with Crippen molar-refractivity contribution in [1.82, 2.24) is 4.90 Å². The normalized spacial score (nSPS) is 18.8. The van der Waals surface area contributed by atoms with Crippen LogP contribution in [0.15, 0.2) is 18.2 Å². The van der Waals surface area contributed by atoms with Gasteiger partial charge in [0.05, 0.1) is 0 Å². The summed E-state index contributed by atoms with van der Waals surface area (Å²) in [6.45, 7) is 10.7. The molecule has 3 rings (SSSR count). The van der Waals surface area contributed by atoms with E-state index >= 15 is 0 Å². The minimum Gasteiger partial charge on any atom is -0.492 e. The van der Waals surface area contributed by atoms with Crippen molar-refractivity contribution < 1.29 is 9.47 Å². The number of rotatable bonds is 8. The van der Waals surface area contributed by atoms with Crippen LogP contribution >= 0.6 is 0 Å². The summed E-state index contributed by atoms with van der Waals surface area (Å²) >= 11 is 0. The molecule has 1 saturated heterocycles. The van der Waals surface area contributed by atoms with E-state index in [1.54, 1.807) is 0 Å². The lowest BCUT2D eigenvalue weighted by atomic mass is 9.98. The molecular weight excluding hydrogens is 310 g/mol. The fourth-order valence-electron chi connectivity index (χ4n) is 3.64. The highest BCUT2D eigenvalue weighted by Crippen LogP contribution is 2.36. The zero-order chi connectivity index (χ0) is 17.7. The molecule has 0 radical (unpaired) electrons. The maximum absolute atomic E-state index is 6.22. The summed E-state index contributed by atoms with van der Waals surface area (Å²) < 4.78 is 12.4. The Hall–Kier alpha value is -1.48. The summed E-state index contributed by atoms with van der Waals surface area (Å²) in [7, 11) is 0. The molecule has 0 spiro atoms. The number of hydrogen-bond donors (Lipinski definition) is 0. The van der Waals surface area contributed by atoms with Crippen molar-refractivity contribution in [2.24, 2.45) is 0 Å². The average molecular weight is 344 g/mol. The largest absolute Gasteiger partial charge is 0.492 e. The van der Waals surface area contributed by atoms with Gasteiger partial charge in [0, 0.05) is 18.2 Å². The predicted molar refractivity (Wildman–Crippen MR) is 105 cm³/mol. The van der Waals surface area contributed by atoms with Crippen molar-refractivity contribution in [3.05, 3.63) is 29.3 Å². The van der Waals surface area contributed by atoms with Crippen LogP contribution in [0.4, 0.5) is 0 Å². The third-order valence-corrected chi connectivity index (χ3v) is 5.14. The highest BCUT2D eigenvalue weighted by molar-refractivity contribution is 5.64. The molecule has 0 unspecified atom stereocenters. The number of likely N-dealkylation sites (tertiary alicyclic amines) is 1. The highest BCUT2D eigenvalue weighted by Gasteiger charge is 2.23. The Kier molecular flexibility index (Phi) is 6.06. The topological polar surface area (TPSA) is 21.7 Å². The third kappa shape index (κ3) is 5.01. The molecule has 1 fully saturated rings. The summed E-state index contributed by atoms with van der Waals surface area (Å²) in [4.78, 5) is 2.50. The Morgan fingerprint density at radius 3 is 2.72 bits per heavy atom. The summed E-state index contributed by atoms with van der Waals surface area (Å²) in [5, 5.41) is 0. The SMILES string of the molecule is CCCCCc1cc2c(cc1OCCN1CCCC1)OC(C)(C)C=C2. The molecule has 0 aliphatic carbocycles. The van der Waals surface area contributed by atoms with E-state index in [1.165, 1.54) is 56.3 Å². The lowest BCUT2D eigenvalue weighted by Crippen LogP contribution is -2.27. The van der Waals surface area contributed by atoms with Gasteiger partial charge in [-0.2, -0.15) is 0 Å². The van der Waals surface area contributed by atoms with Gasteiger partial charge in [-0.15, -0.1) is 0 Å². The summed E-state index contributed by atoms with van der Waals surface area (Å²) in [5.74, 6) is 1.96. The van der Waals surface area contributed by atoms with E-state index < -0.39 is 0 Å². The van der Waals surface area contributed by atoms with Crippen LogP contribution in [0.2, 0.25) is 0 Å². The van der Waals surface area contributed by atoms with Gasteiger partial charge >= 0.3 is 0 Å². The van der Waals surface area contributed by atoms with Crippen LogP contribution < -0.4 is 9.47 Å². The number of benzene rings is 1. The Bertz CT molecular complexity index is 600. The fraction of sp³-hybridized carbons (Fsp3) is 0.636. The molecule has 0 bridgehead atoms. The van der Waals surface area contributed by atoms with Crippen LogP contribution in [0.3, 0.4) is 0 Å². The Morgan fingerprint density at radius 1 is 1.16 bits per heavy atom. The molecule has 1 aromatic carbocycles. The van der Waals surface area contributed by atoms with E-state index in [0.717, 1.165) is 31.1 Å². The molecule has 2 aliphatic heterocycles. The maximum atomic E-state index is 6.22. The molecule has 3 heteroatoms. The van der Waals surface area contributed by atoms with E-state index in [1.807, 2.05) is 0 Å². The van der Waals surface area contributed by atoms with Crippen LogP contribution in [0, 0.1) is 0 Å². The number of aryl methyl sites for hydroxylation is 1. The molecule has 0 saturated carbocycles. The Labute approximate surface area is 153 Å². The third-order valence-electron chi connectivity index (χ3n) is 5.14. The second-order valence-corrected chi connectivity index (χ2v) is 7.89. The van der Waals surface area contributed by atoms with Crippen molar-refractivity contribution >= 4 is 6.08 Å². The van der Waals surface area contributed by atoms with Gasteiger partial charge in [0.1, 0.15) is 23.7 Å². The zero-order valence-corrected chi connectivity index (χ0v) is 16.1. The summed E-state index contributed by atoms with van der Waals surface area (Å²) in [6, 6.07) is 4.38. The highest BCUT2D eigenvalue weighted by atomic mass is 16.5. The lowest BCUT2D eigenvalue weighted by molar-refractivity contribution is 0.157. The van der Waals surface area contributed by atoms with E-state index in [2.05, 4.69) is 50.0 Å². The molecule has 3 nitrogen and oxygen atoms in total. The standard InChI is InChI=1S/C22H33NO2/c1-4-5-6-9-18-16-19-10-11-22(2,3)25-21(19)17-20(18)24-15-14-23-12-7-8-13-23/h10-11,16-17H,4-9,12-15H2,1-3H3. The zero-order valence-electron chi connectivity index (χ0n) is 16.1. The first-order valence-electron chi connectivity index (χ1n) is 9.98. The van der Waals surface area contributed by atoms with E-state index in [4.69, 9.17) is 9.47 Å². The Balaban J connectivity index is 1.72. The van der Waals surface area contributed by atoms with Crippen molar-refractivity contribution in [2.75, 3.05) is 26.2 Å². The second-order valence-electron chi connectivity index (χ2n) is 7.89. The Morgan fingerprint density at radius 2 is 1.96 bits per heavy atom. The number of nitrogens with zero attached hydrogens (tertiary/aromatic N) is 1. The fourth-order valence-corrected chi connectivity index (χ4v) is 3.64. The average Bonchev–Trinajstić information content (AvgIpc) is 3.08. The molecule has 0 atom stereocenters. The van der Waals surface area contributed by atoms with Crippen LogP contribution in [-0.4, -0.2) is 36.7 Å². The predicted octanol–water partition coefficient (Wildman–Crippen LogP) is 5.08. The first-order valence-corrected chi connectivity index (χ1v) is 9.98. The van der Waals surface area contributed by atoms with Gasteiger partial charge in [-0.3, -0.25) is 4.90 Å². The molecule has 2 aliphatic rings. The van der Waals surface area contributed by atoms with Crippen molar-refractivity contribution in [3.8, 4) is 11.5 Å². The molecule has 138 valence electrons. The van der Waals surface area contributed by atoms with Crippen LogP contribution in [0.1, 0.15) is 64.0 Å². The van der Waals surface area contributed by atoms with Gasteiger partial charge in [-0.05, 0) is 70.3 Å². The first kappa shape index (κ1) is 18.3. The smallest absolute Gasteiger partial charge is 0.131 e. The minimum absolute atomic E-state index is 0.246. The van der Waals surface area contributed by atoms with Crippen molar-refractivity contribution in [1.29, 1.82) is 0 Å². The summed E-state index contributed by atoms with van der Waals surface area (Å²) in [5.41, 5.74) is 2.25. The number of hydrogen-bond acceptors (Lipinski definition) is 3. The van der Waals surface area contributed by atoms with Gasteiger partial charge in [0.15, 0.2) is 0 Å². The van der Waals surface area contributed by atoms with Crippen molar-refractivity contribution in [2.45, 2.75) is 64.9 Å². The summed E-state index contributed by atoms with van der Waals surface area (Å²) in [6.07, 6.45) is 11.8. The number of ether oxygens (including phenoxy) is 2. The molecule has 0 N–H and O–H groups in total. The van der Waals surface area contributed by atoms with Crippen molar-refractivity contribution in [3.63, 3.8) is 0 Å². The monoisotopic (exact) mass is 343 g/mol. The lowest BCUT2D eigenvalue weighted by Gasteiger charge is -2.29. The molecule has 0 amide bonds. The van der Waals surface area contributed by atoms with Gasteiger partial charge in [0.2, 0.25) is 0 Å². The van der Waals surface area contributed by atoms with E-state index in [0.29, 0.717) is 0 Å². The maximum Gasteiger partial charge on any atom is 0.131 e. The van der Waals surface area contributed by atoms with Gasteiger partial charge in [0.25, 0.3) is 0 Å². The van der Waals surface area contributed by atoms with Gasteiger partial charge < -0.3 is 9.47 Å². The quantitative estimate of drug-likeness (QED) is 0.615. The van der Waals surface area contributed by atoms with Crippen LogP contribution in [-0.2, 0) is 6.42 Å². The van der Waals surface area contributed by atoms with Crippen LogP contribution in [0.5, 0.6) is 11.5 Å². The van der Waals surface area contributed by atoms with Gasteiger partial charge in [-0.25, -0.2) is 0 Å². The molecular formula is C22H33NO2. The first-order chi connectivity index (χ1) is 12.1. The second kappa shape index (κ2) is 8.27. The van der Waals surface area contributed by atoms with Crippen LogP contribution in [0.25, 0.3) is 6.08 Å². The molecule has 25 heavy (non-hydrogen) atoms. The molecule has 1 aromatic rings. The molecule has 2 heterocycles. The van der Waals surface area contributed by atoms with E-state index in [9.17, 15) is 0 Å². The molecule has 0 aromatic heterocycles. The number of fused-ring (bicyclic) bond motifs is 1. The van der Waals surface area contributed by atoms with E-state index in [-0.39, 0.29) is 5.60 Å². The van der Waals surface area contributed by atoms with Gasteiger partial charge in [-0.1, -0.05) is 25.8 Å².